The minimum absolute atomic E-state index is 0.0210. The summed E-state index contributed by atoms with van der Waals surface area (Å²) < 4.78 is 5.52. The summed E-state index contributed by atoms with van der Waals surface area (Å²) in [6.45, 7) is 5.11. The van der Waals surface area contributed by atoms with Gasteiger partial charge in [-0.1, -0.05) is 11.6 Å². The van der Waals surface area contributed by atoms with Crippen LogP contribution in [0.4, 0.5) is 0 Å². The smallest absolute Gasteiger partial charge is 0.254 e. The van der Waals surface area contributed by atoms with Crippen LogP contribution >= 0.6 is 0 Å². The molecule has 2 aliphatic heterocycles. The second-order valence-electron chi connectivity index (χ2n) is 7.54. The summed E-state index contributed by atoms with van der Waals surface area (Å²) in [6, 6.07) is 7.26. The molecule has 2 fully saturated rings. The molecule has 132 valence electrons. The van der Waals surface area contributed by atoms with Gasteiger partial charge < -0.3 is 14.6 Å². The van der Waals surface area contributed by atoms with Gasteiger partial charge in [0.2, 0.25) is 5.56 Å². The summed E-state index contributed by atoms with van der Waals surface area (Å²) in [5, 5.41) is 0.830. The summed E-state index contributed by atoms with van der Waals surface area (Å²) >= 11 is 0. The average Bonchev–Trinajstić information content (AvgIpc) is 2.61. The number of amides is 1. The average molecular weight is 340 g/mol. The number of fused-ring (bicyclic) bond motifs is 1. The number of carbonyl (C=O) groups is 1. The molecule has 2 aliphatic rings. The zero-order valence-electron chi connectivity index (χ0n) is 14.6. The Kier molecular flexibility index (Phi) is 4.12. The Morgan fingerprint density at radius 2 is 2.00 bits per heavy atom. The molecule has 1 aromatic carbocycles. The van der Waals surface area contributed by atoms with Crippen molar-refractivity contribution in [3.05, 3.63) is 45.7 Å². The lowest BCUT2D eigenvalue weighted by Crippen LogP contribution is -2.48. The third kappa shape index (κ3) is 3.09. The molecule has 5 nitrogen and oxygen atoms in total. The summed E-state index contributed by atoms with van der Waals surface area (Å²) in [6.07, 6.45) is 4.22. The highest BCUT2D eigenvalue weighted by Crippen LogP contribution is 2.39. The van der Waals surface area contributed by atoms with Crippen LogP contribution in [0.1, 0.15) is 41.6 Å². The Bertz CT molecular complexity index is 859. The van der Waals surface area contributed by atoms with E-state index in [4.69, 9.17) is 4.74 Å². The van der Waals surface area contributed by atoms with Crippen molar-refractivity contribution in [3.8, 4) is 0 Å². The summed E-state index contributed by atoms with van der Waals surface area (Å²) in [5.74, 6) is -0.0210. The topological polar surface area (TPSA) is 62.4 Å². The molecular weight excluding hydrogens is 316 g/mol. The number of aromatic amines is 1. The first-order chi connectivity index (χ1) is 12.1. The second kappa shape index (κ2) is 6.30. The van der Waals surface area contributed by atoms with Gasteiger partial charge in [0.25, 0.3) is 5.91 Å². The number of carbonyl (C=O) groups excluding carboxylic acids is 1. The molecule has 1 spiro atoms. The van der Waals surface area contributed by atoms with Gasteiger partial charge in [0.15, 0.2) is 0 Å². The number of aryl methyl sites for hydroxylation is 1. The SMILES string of the molecule is Cc1ccc2[nH]c(=O)cc(C(=O)N3CCCC4(CCOCC4)C3)c2c1. The zero-order valence-corrected chi connectivity index (χ0v) is 14.6. The molecular formula is C20H24N2O3. The molecule has 1 aromatic heterocycles. The summed E-state index contributed by atoms with van der Waals surface area (Å²) in [4.78, 5) is 30.1. The van der Waals surface area contributed by atoms with E-state index in [0.717, 1.165) is 68.5 Å². The molecule has 1 N–H and O–H groups in total. The van der Waals surface area contributed by atoms with E-state index in [2.05, 4.69) is 4.98 Å². The lowest BCUT2D eigenvalue weighted by Gasteiger charge is -2.45. The predicted octanol–water partition coefficient (Wildman–Crippen LogP) is 2.87. The normalized spacial score (nSPS) is 20.1. The van der Waals surface area contributed by atoms with Crippen LogP contribution in [0.15, 0.2) is 29.1 Å². The molecule has 3 heterocycles. The Labute approximate surface area is 147 Å². The first kappa shape index (κ1) is 16.3. The fourth-order valence-corrected chi connectivity index (χ4v) is 4.31. The maximum atomic E-state index is 13.2. The van der Waals surface area contributed by atoms with Crippen molar-refractivity contribution < 1.29 is 9.53 Å². The molecule has 0 saturated carbocycles. The van der Waals surface area contributed by atoms with Crippen LogP contribution in [-0.2, 0) is 4.74 Å². The molecule has 25 heavy (non-hydrogen) atoms. The van der Waals surface area contributed by atoms with Gasteiger partial charge in [0.05, 0.1) is 5.56 Å². The second-order valence-corrected chi connectivity index (χ2v) is 7.54. The number of hydrogen-bond acceptors (Lipinski definition) is 3. The van der Waals surface area contributed by atoms with E-state index in [1.54, 1.807) is 0 Å². The Morgan fingerprint density at radius 3 is 2.80 bits per heavy atom. The highest BCUT2D eigenvalue weighted by Gasteiger charge is 2.38. The molecule has 0 aliphatic carbocycles. The van der Waals surface area contributed by atoms with Gasteiger partial charge in [0.1, 0.15) is 0 Å². The van der Waals surface area contributed by atoms with E-state index < -0.39 is 0 Å². The Morgan fingerprint density at radius 1 is 1.20 bits per heavy atom. The van der Waals surface area contributed by atoms with Crippen molar-refractivity contribution in [2.24, 2.45) is 5.41 Å². The van der Waals surface area contributed by atoms with Crippen LogP contribution in [-0.4, -0.2) is 42.1 Å². The van der Waals surface area contributed by atoms with Crippen molar-refractivity contribution in [2.45, 2.75) is 32.6 Å². The minimum Gasteiger partial charge on any atom is -0.381 e. The van der Waals surface area contributed by atoms with Crippen LogP contribution in [0.3, 0.4) is 0 Å². The minimum atomic E-state index is -0.225. The van der Waals surface area contributed by atoms with E-state index in [1.807, 2.05) is 30.0 Å². The highest BCUT2D eigenvalue weighted by atomic mass is 16.5. The zero-order chi connectivity index (χ0) is 17.4. The summed E-state index contributed by atoms with van der Waals surface area (Å²) in [7, 11) is 0. The third-order valence-electron chi connectivity index (χ3n) is 5.73. The number of pyridine rings is 1. The van der Waals surface area contributed by atoms with Crippen LogP contribution in [0.25, 0.3) is 10.9 Å². The number of nitrogens with zero attached hydrogens (tertiary/aromatic N) is 1. The van der Waals surface area contributed by atoms with Crippen LogP contribution in [0.2, 0.25) is 0 Å². The van der Waals surface area contributed by atoms with Crippen molar-refractivity contribution in [2.75, 3.05) is 26.3 Å². The molecule has 5 heteroatoms. The van der Waals surface area contributed by atoms with E-state index >= 15 is 0 Å². The van der Waals surface area contributed by atoms with Gasteiger partial charge in [0, 0.05) is 43.3 Å². The van der Waals surface area contributed by atoms with Gasteiger partial charge in [-0.2, -0.15) is 0 Å². The van der Waals surface area contributed by atoms with Gasteiger partial charge in [-0.25, -0.2) is 0 Å². The number of ether oxygens (including phenoxy) is 1. The third-order valence-corrected chi connectivity index (χ3v) is 5.73. The molecule has 2 saturated heterocycles. The molecule has 4 rings (SSSR count). The van der Waals surface area contributed by atoms with Gasteiger partial charge in [-0.3, -0.25) is 9.59 Å². The Hall–Kier alpha value is -2.14. The van der Waals surface area contributed by atoms with Gasteiger partial charge in [-0.05, 0) is 50.2 Å². The quantitative estimate of drug-likeness (QED) is 0.868. The fourth-order valence-electron chi connectivity index (χ4n) is 4.31. The van der Waals surface area contributed by atoms with Crippen molar-refractivity contribution in [1.29, 1.82) is 0 Å². The highest BCUT2D eigenvalue weighted by molar-refractivity contribution is 6.06. The summed E-state index contributed by atoms with van der Waals surface area (Å²) in [5.41, 5.74) is 2.29. The molecule has 0 unspecified atom stereocenters. The van der Waals surface area contributed by atoms with Gasteiger partial charge >= 0.3 is 0 Å². The maximum Gasteiger partial charge on any atom is 0.254 e. The predicted molar refractivity (Wildman–Crippen MR) is 96.9 cm³/mol. The van der Waals surface area contributed by atoms with Gasteiger partial charge in [-0.15, -0.1) is 0 Å². The number of likely N-dealkylation sites (tertiary alicyclic amines) is 1. The molecule has 0 atom stereocenters. The lowest BCUT2D eigenvalue weighted by atomic mass is 9.74. The first-order valence-electron chi connectivity index (χ1n) is 9.07. The molecule has 1 amide bonds. The van der Waals surface area contributed by atoms with Crippen LogP contribution in [0.5, 0.6) is 0 Å². The van der Waals surface area contributed by atoms with Crippen molar-refractivity contribution in [3.63, 3.8) is 0 Å². The first-order valence-corrected chi connectivity index (χ1v) is 9.07. The number of aromatic nitrogens is 1. The standard InChI is InChI=1S/C20H24N2O3/c1-14-3-4-17-15(11-14)16(12-18(23)21-17)19(24)22-8-2-5-20(13-22)6-9-25-10-7-20/h3-4,11-12H,2,5-10,13H2,1H3,(H,21,23). The van der Waals surface area contributed by atoms with E-state index in [1.165, 1.54) is 6.07 Å². The van der Waals surface area contributed by atoms with Crippen molar-refractivity contribution in [1.82, 2.24) is 9.88 Å². The van der Waals surface area contributed by atoms with Crippen LogP contribution in [0, 0.1) is 12.3 Å². The number of nitrogens with one attached hydrogen (secondary N) is 1. The number of rotatable bonds is 1. The lowest BCUT2D eigenvalue weighted by molar-refractivity contribution is -0.0229. The van der Waals surface area contributed by atoms with Crippen LogP contribution < -0.4 is 5.56 Å². The number of piperidine rings is 1. The monoisotopic (exact) mass is 340 g/mol. The molecule has 0 bridgehead atoms. The fraction of sp³-hybridized carbons (Fsp3) is 0.500. The number of hydrogen-bond donors (Lipinski definition) is 1. The Balaban J connectivity index is 1.70. The van der Waals surface area contributed by atoms with E-state index in [0.29, 0.717) is 5.56 Å². The maximum absolute atomic E-state index is 13.2. The van der Waals surface area contributed by atoms with E-state index in [9.17, 15) is 9.59 Å². The number of benzene rings is 1. The van der Waals surface area contributed by atoms with Crippen molar-refractivity contribution >= 4 is 16.8 Å². The largest absolute Gasteiger partial charge is 0.381 e. The molecule has 2 aromatic rings. The van der Waals surface area contributed by atoms with E-state index in [-0.39, 0.29) is 16.9 Å². The molecule has 0 radical (unpaired) electrons. The number of H-pyrrole nitrogens is 1.